The van der Waals surface area contributed by atoms with E-state index in [1.807, 2.05) is 31.4 Å². The average molecular weight is 478 g/mol. The second kappa shape index (κ2) is 10.5. The van der Waals surface area contributed by atoms with Crippen molar-refractivity contribution in [2.75, 3.05) is 27.1 Å². The molecule has 4 rings (SSSR count). The van der Waals surface area contributed by atoms with Gasteiger partial charge in [-0.1, -0.05) is 38.1 Å². The van der Waals surface area contributed by atoms with E-state index in [4.69, 9.17) is 19.2 Å². The normalized spacial score (nSPS) is 11.4. The number of methoxy groups -OCH3 is 2. The second-order valence-corrected chi connectivity index (χ2v) is 9.16. The van der Waals surface area contributed by atoms with Crippen molar-refractivity contribution in [3.8, 4) is 28.6 Å². The fraction of sp³-hybridized carbons (Fsp3) is 0.333. The van der Waals surface area contributed by atoms with Crippen LogP contribution in [0.5, 0.6) is 17.2 Å². The average Bonchev–Trinajstić information content (AvgIpc) is 3.24. The van der Waals surface area contributed by atoms with E-state index in [9.17, 15) is 0 Å². The van der Waals surface area contributed by atoms with Crippen molar-refractivity contribution < 1.29 is 14.2 Å². The van der Waals surface area contributed by atoms with Gasteiger partial charge in [0.2, 0.25) is 0 Å². The summed E-state index contributed by atoms with van der Waals surface area (Å²) in [4.78, 5) is 9.50. The first kappa shape index (κ1) is 24.1. The van der Waals surface area contributed by atoms with Gasteiger partial charge in [-0.3, -0.25) is 0 Å². The van der Waals surface area contributed by atoms with Gasteiger partial charge in [-0.2, -0.15) is 0 Å². The van der Waals surface area contributed by atoms with Crippen molar-refractivity contribution in [3.63, 3.8) is 0 Å². The van der Waals surface area contributed by atoms with E-state index >= 15 is 0 Å². The first-order valence-corrected chi connectivity index (χ1v) is 12.5. The summed E-state index contributed by atoms with van der Waals surface area (Å²) in [7, 11) is 3.39. The van der Waals surface area contributed by atoms with Gasteiger partial charge in [0, 0.05) is 37.0 Å². The van der Waals surface area contributed by atoms with E-state index in [-0.39, 0.29) is 0 Å². The first-order chi connectivity index (χ1) is 16.5. The summed E-state index contributed by atoms with van der Waals surface area (Å²) in [6, 6.07) is 14.4. The Kier molecular flexibility index (Phi) is 7.44. The van der Waals surface area contributed by atoms with E-state index < -0.39 is 0 Å². The summed E-state index contributed by atoms with van der Waals surface area (Å²) in [6.45, 7) is 7.65. The second-order valence-electron chi connectivity index (χ2n) is 8.37. The molecule has 0 aliphatic heterocycles. The van der Waals surface area contributed by atoms with Crippen molar-refractivity contribution in [2.45, 2.75) is 38.3 Å². The number of imidazole rings is 1. The summed E-state index contributed by atoms with van der Waals surface area (Å²) in [6.07, 6.45) is 3.75. The Bertz CT molecular complexity index is 1280. The highest BCUT2D eigenvalue weighted by Gasteiger charge is 2.22. The number of hydrogen-bond donors (Lipinski definition) is 0. The number of aromatic nitrogens is 3. The molecule has 0 atom stereocenters. The maximum Gasteiger partial charge on any atom is 0.159 e. The van der Waals surface area contributed by atoms with Crippen molar-refractivity contribution in [2.24, 2.45) is 0 Å². The zero-order valence-corrected chi connectivity index (χ0v) is 21.4. The van der Waals surface area contributed by atoms with Crippen LogP contribution >= 0.6 is 11.8 Å². The minimum Gasteiger partial charge on any atom is -0.494 e. The molecule has 0 bridgehead atoms. The molecule has 6 nitrogen and oxygen atoms in total. The lowest BCUT2D eigenvalue weighted by atomic mass is 10.0. The van der Waals surface area contributed by atoms with Crippen LogP contribution in [-0.4, -0.2) is 41.6 Å². The molecule has 0 saturated carbocycles. The van der Waals surface area contributed by atoms with Gasteiger partial charge in [0.15, 0.2) is 5.75 Å². The zero-order chi connectivity index (χ0) is 24.2. The van der Waals surface area contributed by atoms with E-state index in [2.05, 4.69) is 47.7 Å². The minimum absolute atomic E-state index is 0.474. The highest BCUT2D eigenvalue weighted by atomic mass is 32.2. The molecule has 2 aromatic heterocycles. The molecular formula is C27H31N3O3S. The maximum absolute atomic E-state index is 6.32. The van der Waals surface area contributed by atoms with Crippen LogP contribution in [0.15, 0.2) is 53.7 Å². The lowest BCUT2D eigenvalue weighted by molar-refractivity contribution is 0.188. The number of nitrogens with zero attached hydrogens (tertiary/aromatic N) is 3. The van der Waals surface area contributed by atoms with Gasteiger partial charge in [-0.25, -0.2) is 9.97 Å². The number of thioether (sulfide) groups is 1. The number of fused-ring (bicyclic) bond motifs is 1. The van der Waals surface area contributed by atoms with Gasteiger partial charge in [-0.05, 0) is 36.8 Å². The Morgan fingerprint density at radius 2 is 1.79 bits per heavy atom. The van der Waals surface area contributed by atoms with Gasteiger partial charge in [0.05, 0.1) is 19.2 Å². The Morgan fingerprint density at radius 3 is 2.44 bits per heavy atom. The molecule has 34 heavy (non-hydrogen) atoms. The lowest BCUT2D eigenvalue weighted by Gasteiger charge is -2.15. The van der Waals surface area contributed by atoms with Crippen LogP contribution in [0.25, 0.3) is 22.4 Å². The predicted octanol–water partition coefficient (Wildman–Crippen LogP) is 6.70. The van der Waals surface area contributed by atoms with Crippen LogP contribution in [0.2, 0.25) is 0 Å². The molecule has 2 aromatic carbocycles. The van der Waals surface area contributed by atoms with E-state index in [1.165, 1.54) is 5.56 Å². The van der Waals surface area contributed by atoms with Crippen LogP contribution in [-0.2, 0) is 11.3 Å². The monoisotopic (exact) mass is 477 g/mol. The van der Waals surface area contributed by atoms with Crippen LogP contribution in [0.1, 0.15) is 30.9 Å². The zero-order valence-electron chi connectivity index (χ0n) is 20.6. The molecule has 0 unspecified atom stereocenters. The summed E-state index contributed by atoms with van der Waals surface area (Å²) in [5.41, 5.74) is 5.08. The van der Waals surface area contributed by atoms with Crippen LogP contribution in [0, 0.1) is 6.92 Å². The predicted molar refractivity (Wildman–Crippen MR) is 139 cm³/mol. The molecular weight excluding hydrogens is 446 g/mol. The number of ether oxygens (including phenoxy) is 3. The van der Waals surface area contributed by atoms with Crippen molar-refractivity contribution >= 4 is 22.8 Å². The summed E-state index contributed by atoms with van der Waals surface area (Å²) >= 11 is 1.55. The SMILES string of the molecule is COCCn1c(-c2ccc(C(C)C)cc2)nc2c(C)c(Oc3cccnc3SC)cc(OC)c21. The molecule has 0 radical (unpaired) electrons. The summed E-state index contributed by atoms with van der Waals surface area (Å²) in [5, 5.41) is 0.831. The molecule has 178 valence electrons. The largest absolute Gasteiger partial charge is 0.494 e. The molecule has 0 aliphatic carbocycles. The number of hydrogen-bond acceptors (Lipinski definition) is 6. The molecule has 2 heterocycles. The fourth-order valence-electron chi connectivity index (χ4n) is 4.00. The van der Waals surface area contributed by atoms with Gasteiger partial charge >= 0.3 is 0 Å². The summed E-state index contributed by atoms with van der Waals surface area (Å²) in [5.74, 6) is 3.47. The Hall–Kier alpha value is -3.03. The van der Waals surface area contributed by atoms with E-state index in [0.717, 1.165) is 33.0 Å². The third kappa shape index (κ3) is 4.63. The van der Waals surface area contributed by atoms with Crippen molar-refractivity contribution in [3.05, 3.63) is 59.8 Å². The van der Waals surface area contributed by atoms with Crippen LogP contribution in [0.4, 0.5) is 0 Å². The number of pyridine rings is 1. The third-order valence-electron chi connectivity index (χ3n) is 5.91. The number of benzene rings is 2. The Labute approximate surface area is 205 Å². The fourth-order valence-corrected chi connectivity index (χ4v) is 4.48. The van der Waals surface area contributed by atoms with Crippen LogP contribution in [0.3, 0.4) is 0 Å². The molecule has 0 saturated heterocycles. The molecule has 7 heteroatoms. The highest BCUT2D eigenvalue weighted by Crippen LogP contribution is 2.40. The highest BCUT2D eigenvalue weighted by molar-refractivity contribution is 7.98. The summed E-state index contributed by atoms with van der Waals surface area (Å²) < 4.78 is 19.7. The third-order valence-corrected chi connectivity index (χ3v) is 6.61. The Balaban J connectivity index is 1.89. The van der Waals surface area contributed by atoms with Crippen molar-refractivity contribution in [1.82, 2.24) is 14.5 Å². The van der Waals surface area contributed by atoms with Crippen LogP contribution < -0.4 is 9.47 Å². The molecule has 0 spiro atoms. The standard InChI is InChI=1S/C27H31N3O3S/c1-17(2)19-9-11-20(12-10-19)26-29-24-18(3)22(33-21-8-7-13-28-27(21)34-6)16-23(32-5)25(24)30(26)14-15-31-4/h7-13,16-17H,14-15H2,1-6H3. The van der Waals surface area contributed by atoms with Crippen molar-refractivity contribution in [1.29, 1.82) is 0 Å². The molecule has 4 aromatic rings. The minimum atomic E-state index is 0.474. The number of aryl methyl sites for hydroxylation is 1. The molecule has 0 fully saturated rings. The van der Waals surface area contributed by atoms with E-state index in [0.29, 0.717) is 36.3 Å². The molecule has 0 N–H and O–H groups in total. The van der Waals surface area contributed by atoms with Gasteiger partial charge in [0.1, 0.15) is 27.9 Å². The Morgan fingerprint density at radius 1 is 1.03 bits per heavy atom. The molecule has 0 aliphatic rings. The van der Waals surface area contributed by atoms with E-state index in [1.54, 1.807) is 32.2 Å². The lowest BCUT2D eigenvalue weighted by Crippen LogP contribution is -2.07. The first-order valence-electron chi connectivity index (χ1n) is 11.3. The molecule has 0 amide bonds. The van der Waals surface area contributed by atoms with Gasteiger partial charge in [0.25, 0.3) is 0 Å². The maximum atomic E-state index is 6.32. The van der Waals surface area contributed by atoms with Gasteiger partial charge in [-0.15, -0.1) is 11.8 Å². The quantitative estimate of drug-likeness (QED) is 0.250. The van der Waals surface area contributed by atoms with Gasteiger partial charge < -0.3 is 18.8 Å². The number of rotatable bonds is 9. The topological polar surface area (TPSA) is 58.4 Å². The smallest absolute Gasteiger partial charge is 0.159 e.